The summed E-state index contributed by atoms with van der Waals surface area (Å²) in [7, 11) is 1.69. The van der Waals surface area contributed by atoms with Crippen molar-refractivity contribution >= 4 is 52.2 Å². The minimum atomic E-state index is -0.664. The van der Waals surface area contributed by atoms with Gasteiger partial charge in [-0.1, -0.05) is 23.2 Å². The van der Waals surface area contributed by atoms with Crippen LogP contribution in [-0.2, 0) is 4.79 Å². The molecule has 2 saturated heterocycles. The zero-order valence-electron chi connectivity index (χ0n) is 23.9. The number of ether oxygens (including phenoxy) is 1. The molecule has 2 aromatic carbocycles. The molecule has 4 aromatic rings. The average molecular weight is 642 g/mol. The summed E-state index contributed by atoms with van der Waals surface area (Å²) in [6.07, 6.45) is 6.74. The lowest BCUT2D eigenvalue weighted by Gasteiger charge is -2.36. The van der Waals surface area contributed by atoms with E-state index in [-0.39, 0.29) is 40.4 Å². The molecule has 2 amide bonds. The fourth-order valence-corrected chi connectivity index (χ4v) is 6.03. The average Bonchev–Trinajstić information content (AvgIpc) is 3.73. The Labute approximate surface area is 263 Å². The molecule has 44 heavy (non-hydrogen) atoms. The number of hydrogen-bond donors (Lipinski definition) is 3. The summed E-state index contributed by atoms with van der Waals surface area (Å²) >= 11 is 13.0. The Morgan fingerprint density at radius 3 is 2.64 bits per heavy atom. The molecule has 2 aliphatic heterocycles. The summed E-state index contributed by atoms with van der Waals surface area (Å²) in [6, 6.07) is 8.15. The highest BCUT2D eigenvalue weighted by Gasteiger charge is 2.31. The Kier molecular flexibility index (Phi) is 8.85. The predicted molar refractivity (Wildman–Crippen MR) is 166 cm³/mol. The minimum Gasteiger partial charge on any atom is -0.475 e. The van der Waals surface area contributed by atoms with Gasteiger partial charge in [0.15, 0.2) is 23.0 Å². The number of fused-ring (bicyclic) bond motifs is 1. The van der Waals surface area contributed by atoms with Gasteiger partial charge in [-0.2, -0.15) is 0 Å². The smallest absolute Gasteiger partial charge is 0.255 e. The molecular formula is C30H31Cl2FN8O3. The first kappa shape index (κ1) is 30.1. The molecule has 0 aliphatic carbocycles. The van der Waals surface area contributed by atoms with E-state index in [1.807, 2.05) is 4.90 Å². The third-order valence-electron chi connectivity index (χ3n) is 7.82. The van der Waals surface area contributed by atoms with Crippen LogP contribution in [0.3, 0.4) is 0 Å². The van der Waals surface area contributed by atoms with Crippen LogP contribution in [0, 0.1) is 5.82 Å². The van der Waals surface area contributed by atoms with Gasteiger partial charge < -0.3 is 25.2 Å². The molecule has 0 spiro atoms. The topological polar surface area (TPSA) is 116 Å². The van der Waals surface area contributed by atoms with Crippen LogP contribution in [0.15, 0.2) is 48.9 Å². The molecule has 14 heteroatoms. The molecule has 230 valence electrons. The van der Waals surface area contributed by atoms with E-state index in [1.165, 1.54) is 6.07 Å². The number of nitrogens with one attached hydrogen (secondary N) is 3. The van der Waals surface area contributed by atoms with E-state index in [4.69, 9.17) is 27.9 Å². The van der Waals surface area contributed by atoms with Crippen molar-refractivity contribution in [1.29, 1.82) is 0 Å². The third-order valence-corrected chi connectivity index (χ3v) is 8.50. The van der Waals surface area contributed by atoms with E-state index in [1.54, 1.807) is 59.2 Å². The molecule has 1 atom stereocenters. The number of rotatable bonds is 8. The zero-order chi connectivity index (χ0) is 30.8. The second-order valence-electron chi connectivity index (χ2n) is 10.6. The number of piperazine rings is 1. The van der Waals surface area contributed by atoms with Gasteiger partial charge in [0.2, 0.25) is 5.91 Å². The van der Waals surface area contributed by atoms with E-state index >= 15 is 0 Å². The van der Waals surface area contributed by atoms with E-state index in [2.05, 4.69) is 25.9 Å². The van der Waals surface area contributed by atoms with Crippen molar-refractivity contribution in [3.63, 3.8) is 0 Å². The van der Waals surface area contributed by atoms with Gasteiger partial charge in [-0.05, 0) is 56.8 Å². The van der Waals surface area contributed by atoms with Gasteiger partial charge in [-0.15, -0.1) is 0 Å². The van der Waals surface area contributed by atoms with Crippen molar-refractivity contribution in [2.24, 2.45) is 0 Å². The molecule has 11 nitrogen and oxygen atoms in total. The molecule has 2 aliphatic rings. The minimum absolute atomic E-state index is 0.0407. The highest BCUT2D eigenvalue weighted by molar-refractivity contribution is 6.34. The van der Waals surface area contributed by atoms with Crippen molar-refractivity contribution in [1.82, 2.24) is 34.8 Å². The molecule has 0 bridgehead atoms. The van der Waals surface area contributed by atoms with Gasteiger partial charge >= 0.3 is 0 Å². The molecule has 6 rings (SSSR count). The van der Waals surface area contributed by atoms with Gasteiger partial charge in [-0.25, -0.2) is 14.4 Å². The van der Waals surface area contributed by atoms with Crippen LogP contribution in [-0.4, -0.2) is 88.5 Å². The van der Waals surface area contributed by atoms with Crippen LogP contribution in [0.4, 0.5) is 15.9 Å². The van der Waals surface area contributed by atoms with Crippen molar-refractivity contribution in [3.05, 3.63) is 70.3 Å². The fraction of sp³-hybridized carbons (Fsp3) is 0.333. The van der Waals surface area contributed by atoms with Crippen LogP contribution in [0.25, 0.3) is 16.9 Å². The largest absolute Gasteiger partial charge is 0.475 e. The first-order chi connectivity index (χ1) is 21.4. The zero-order valence-corrected chi connectivity index (χ0v) is 25.5. The summed E-state index contributed by atoms with van der Waals surface area (Å²) < 4.78 is 22.0. The Balaban J connectivity index is 1.16. The Morgan fingerprint density at radius 2 is 1.91 bits per heavy atom. The van der Waals surface area contributed by atoms with Crippen LogP contribution >= 0.6 is 23.2 Å². The second kappa shape index (κ2) is 12.9. The summed E-state index contributed by atoms with van der Waals surface area (Å²) in [6.45, 7) is 2.88. The van der Waals surface area contributed by atoms with Crippen molar-refractivity contribution in [3.8, 4) is 17.0 Å². The molecular weight excluding hydrogens is 610 g/mol. The highest BCUT2D eigenvalue weighted by Crippen LogP contribution is 2.36. The van der Waals surface area contributed by atoms with Crippen LogP contribution < -0.4 is 20.7 Å². The number of halogens is 3. The lowest BCUT2D eigenvalue weighted by atomic mass is 10.1. The summed E-state index contributed by atoms with van der Waals surface area (Å²) in [4.78, 5) is 38.5. The monoisotopic (exact) mass is 640 g/mol. The first-order valence-corrected chi connectivity index (χ1v) is 15.1. The number of aromatic nitrogens is 3. The maximum atomic E-state index is 14.9. The molecule has 0 saturated carbocycles. The molecule has 2 aromatic heterocycles. The highest BCUT2D eigenvalue weighted by atomic mass is 35.5. The van der Waals surface area contributed by atoms with E-state index in [0.717, 1.165) is 19.4 Å². The summed E-state index contributed by atoms with van der Waals surface area (Å²) in [5, 5.41) is 9.45. The molecule has 3 N–H and O–H groups in total. The summed E-state index contributed by atoms with van der Waals surface area (Å²) in [5.74, 6) is -0.268. The van der Waals surface area contributed by atoms with Gasteiger partial charge in [0.05, 0.1) is 33.5 Å². The van der Waals surface area contributed by atoms with Gasteiger partial charge in [0.1, 0.15) is 6.73 Å². The van der Waals surface area contributed by atoms with Crippen LogP contribution in [0.5, 0.6) is 5.75 Å². The van der Waals surface area contributed by atoms with Crippen molar-refractivity contribution < 1.29 is 18.7 Å². The third kappa shape index (κ3) is 5.90. The van der Waals surface area contributed by atoms with Crippen LogP contribution in [0.1, 0.15) is 23.2 Å². The lowest BCUT2D eigenvalue weighted by molar-refractivity contribution is -0.134. The molecule has 0 unspecified atom stereocenters. The number of imidazole rings is 1. The van der Waals surface area contributed by atoms with Gasteiger partial charge in [0.25, 0.3) is 5.91 Å². The summed E-state index contributed by atoms with van der Waals surface area (Å²) in [5.41, 5.74) is 2.46. The standard InChI is InChI=1S/C30H31Cl2FN8O3/c1-34-17-44-24-7-6-20(25(32)26(24)33)23-16-37-28-27(36-9-10-41(23)28)38-18-4-5-19(21(31)15-18)29(42)39-11-13-40(14-12-39)30(43)22-3-2-8-35-22/h4-7,9-10,15-16,22,34-35H,2-3,8,11-14,17H2,1H3,(H,36,38)/t22-/m0/s1. The first-order valence-electron chi connectivity index (χ1n) is 14.3. The molecule has 4 heterocycles. The quantitative estimate of drug-likeness (QED) is 0.246. The number of carbonyl (C=O) groups excluding carboxylic acids is 2. The lowest BCUT2D eigenvalue weighted by Crippen LogP contribution is -2.54. The van der Waals surface area contributed by atoms with Crippen LogP contribution in [0.2, 0.25) is 10.0 Å². The number of hydrogen-bond acceptors (Lipinski definition) is 8. The molecule has 0 radical (unpaired) electrons. The predicted octanol–water partition coefficient (Wildman–Crippen LogP) is 4.18. The number of nitrogens with zero attached hydrogens (tertiary/aromatic N) is 5. The van der Waals surface area contributed by atoms with E-state index in [9.17, 15) is 14.0 Å². The Morgan fingerprint density at radius 1 is 1.11 bits per heavy atom. The van der Waals surface area contributed by atoms with E-state index < -0.39 is 5.82 Å². The van der Waals surface area contributed by atoms with E-state index in [0.29, 0.717) is 60.2 Å². The Hall–Kier alpha value is -3.97. The van der Waals surface area contributed by atoms with Crippen molar-refractivity contribution in [2.45, 2.75) is 18.9 Å². The SMILES string of the molecule is CNCOc1ccc(-c2cnc3c(Nc4ccc(C(=O)N5CCN(C(=O)[C@@H]6CCCN6)CC5)c(Cl)c4)nccn23)c(Cl)c1F. The maximum absolute atomic E-state index is 14.9. The number of benzene rings is 2. The normalized spacial score (nSPS) is 16.9. The maximum Gasteiger partial charge on any atom is 0.255 e. The van der Waals surface area contributed by atoms with Gasteiger partial charge in [-0.3, -0.25) is 19.3 Å². The number of carbonyl (C=O) groups is 2. The molecule has 2 fully saturated rings. The number of amides is 2. The number of anilines is 2. The van der Waals surface area contributed by atoms with Crippen molar-refractivity contribution in [2.75, 3.05) is 51.8 Å². The van der Waals surface area contributed by atoms with Gasteiger partial charge in [0, 0.05) is 49.8 Å². The fourth-order valence-electron chi connectivity index (χ4n) is 5.52. The second-order valence-corrected chi connectivity index (χ2v) is 11.4. The Bertz CT molecular complexity index is 1700.